The van der Waals surface area contributed by atoms with Crippen LogP contribution in [0.5, 0.6) is 0 Å². The molecule has 1 aliphatic rings. The van der Waals surface area contributed by atoms with Gasteiger partial charge in [-0.05, 0) is 48.6 Å². The van der Waals surface area contributed by atoms with E-state index in [1.807, 2.05) is 52.6 Å². The number of nitrogens with one attached hydrogen (secondary N) is 1. The third-order valence-electron chi connectivity index (χ3n) is 5.27. The van der Waals surface area contributed by atoms with E-state index in [0.29, 0.717) is 0 Å². The molecule has 0 saturated carbocycles. The van der Waals surface area contributed by atoms with Gasteiger partial charge in [0.25, 0.3) is 0 Å². The van der Waals surface area contributed by atoms with Crippen LogP contribution < -0.4 is 5.32 Å². The molecule has 1 aliphatic heterocycles. The Bertz CT molecular complexity index is 934. The van der Waals surface area contributed by atoms with Gasteiger partial charge in [-0.15, -0.1) is 11.3 Å². The van der Waals surface area contributed by atoms with Crippen LogP contribution in [0.1, 0.15) is 39.4 Å². The molecule has 0 unspecified atom stereocenters. The van der Waals surface area contributed by atoms with Crippen molar-refractivity contribution in [2.24, 2.45) is 0 Å². The van der Waals surface area contributed by atoms with Gasteiger partial charge >= 0.3 is 6.03 Å². The molecule has 138 valence electrons. The molecule has 0 bridgehead atoms. The predicted octanol–water partition coefficient (Wildman–Crippen LogP) is 5.80. The summed E-state index contributed by atoms with van der Waals surface area (Å²) < 4.78 is 0. The number of nitrogens with zero attached hydrogens (tertiary/aromatic N) is 1. The number of thiophene rings is 1. The first-order valence-corrected chi connectivity index (χ1v) is 10.3. The summed E-state index contributed by atoms with van der Waals surface area (Å²) in [5, 5.41) is 3.07. The molecule has 2 amide bonds. The lowest BCUT2D eigenvalue weighted by atomic mass is 9.92. The summed E-state index contributed by atoms with van der Waals surface area (Å²) in [7, 11) is 0. The number of carbonyl (C=O) groups is 1. The fraction of sp³-hybridized carbons (Fsp3) is 0.261. The molecule has 3 nitrogen and oxygen atoms in total. The van der Waals surface area contributed by atoms with Crippen molar-refractivity contribution in [3.63, 3.8) is 0 Å². The first-order chi connectivity index (χ1) is 13.2. The van der Waals surface area contributed by atoms with Gasteiger partial charge in [-0.25, -0.2) is 4.79 Å². The van der Waals surface area contributed by atoms with E-state index in [1.165, 1.54) is 26.4 Å². The molecule has 2 heterocycles. The molecule has 1 aromatic heterocycles. The highest BCUT2D eigenvalue weighted by Crippen LogP contribution is 2.42. The highest BCUT2D eigenvalue weighted by molar-refractivity contribution is 7.12. The third kappa shape index (κ3) is 3.37. The second kappa shape index (κ2) is 7.57. The van der Waals surface area contributed by atoms with Crippen LogP contribution in [0.2, 0.25) is 0 Å². The van der Waals surface area contributed by atoms with Crippen molar-refractivity contribution in [1.29, 1.82) is 0 Å². The van der Waals surface area contributed by atoms with Crippen LogP contribution in [0.3, 0.4) is 0 Å². The van der Waals surface area contributed by atoms with Crippen molar-refractivity contribution in [2.45, 2.75) is 32.7 Å². The summed E-state index contributed by atoms with van der Waals surface area (Å²) >= 11 is 1.85. The molecule has 4 heteroatoms. The first-order valence-electron chi connectivity index (χ1n) is 9.47. The van der Waals surface area contributed by atoms with Gasteiger partial charge in [0.05, 0.1) is 6.04 Å². The number of hydrogen-bond donors (Lipinski definition) is 1. The Hall–Kier alpha value is -2.59. The van der Waals surface area contributed by atoms with Gasteiger partial charge in [-0.1, -0.05) is 55.5 Å². The van der Waals surface area contributed by atoms with Crippen LogP contribution >= 0.6 is 11.3 Å². The first kappa shape index (κ1) is 17.8. The van der Waals surface area contributed by atoms with Crippen molar-refractivity contribution in [3.8, 4) is 0 Å². The summed E-state index contributed by atoms with van der Waals surface area (Å²) in [6.07, 6.45) is 1.98. The van der Waals surface area contributed by atoms with E-state index in [1.54, 1.807) is 0 Å². The van der Waals surface area contributed by atoms with Crippen molar-refractivity contribution in [1.82, 2.24) is 4.90 Å². The van der Waals surface area contributed by atoms with E-state index in [2.05, 4.69) is 43.4 Å². The van der Waals surface area contributed by atoms with Gasteiger partial charge < -0.3 is 10.2 Å². The topological polar surface area (TPSA) is 32.3 Å². The van der Waals surface area contributed by atoms with E-state index in [0.717, 1.165) is 25.1 Å². The Morgan fingerprint density at radius 3 is 2.44 bits per heavy atom. The van der Waals surface area contributed by atoms with Gasteiger partial charge in [-0.2, -0.15) is 0 Å². The number of urea groups is 1. The Morgan fingerprint density at radius 1 is 1.11 bits per heavy atom. The number of benzene rings is 2. The van der Waals surface area contributed by atoms with E-state index < -0.39 is 0 Å². The fourth-order valence-electron chi connectivity index (χ4n) is 4.01. The maximum Gasteiger partial charge on any atom is 0.322 e. The third-order valence-corrected chi connectivity index (χ3v) is 6.51. The van der Waals surface area contributed by atoms with Gasteiger partial charge in [0, 0.05) is 22.0 Å². The Balaban J connectivity index is 1.73. The number of anilines is 1. The van der Waals surface area contributed by atoms with Crippen LogP contribution in [0, 0.1) is 6.92 Å². The van der Waals surface area contributed by atoms with E-state index in [-0.39, 0.29) is 12.1 Å². The van der Waals surface area contributed by atoms with Crippen molar-refractivity contribution in [3.05, 3.63) is 87.1 Å². The number of aryl methyl sites for hydroxylation is 1. The molecule has 2 aromatic carbocycles. The Kier molecular flexibility index (Phi) is 4.99. The molecule has 0 fully saturated rings. The highest BCUT2D eigenvalue weighted by Gasteiger charge is 2.35. The maximum atomic E-state index is 13.1. The summed E-state index contributed by atoms with van der Waals surface area (Å²) in [4.78, 5) is 17.8. The number of fused-ring (bicyclic) bond motifs is 1. The normalized spacial score (nSPS) is 16.1. The van der Waals surface area contributed by atoms with Crippen molar-refractivity contribution >= 4 is 23.1 Å². The van der Waals surface area contributed by atoms with Crippen LogP contribution in [0.4, 0.5) is 10.5 Å². The van der Waals surface area contributed by atoms with E-state index in [4.69, 9.17) is 0 Å². The fourth-order valence-corrected chi connectivity index (χ4v) is 5.46. The zero-order valence-electron chi connectivity index (χ0n) is 15.7. The smallest absolute Gasteiger partial charge is 0.312 e. The SMILES string of the molecule is CCc1c(C)sc2c1CCN(C(=O)Nc1ccccc1)[C@@H]2c1ccccc1. The standard InChI is InChI=1S/C23H24N2OS/c1-3-19-16(2)27-22-20(19)14-15-25(21(22)17-10-6-4-7-11-17)23(26)24-18-12-8-5-9-13-18/h4-13,21H,3,14-15H2,1-2H3,(H,24,26)/t21-/m1/s1. The van der Waals surface area contributed by atoms with E-state index >= 15 is 0 Å². The molecule has 1 atom stereocenters. The van der Waals surface area contributed by atoms with Crippen LogP contribution in [0.15, 0.2) is 60.7 Å². The monoisotopic (exact) mass is 376 g/mol. The average Bonchev–Trinajstić information content (AvgIpc) is 3.03. The van der Waals surface area contributed by atoms with Crippen LogP contribution in [0.25, 0.3) is 0 Å². The summed E-state index contributed by atoms with van der Waals surface area (Å²) in [5.74, 6) is 0. The Labute approximate surface area is 164 Å². The Morgan fingerprint density at radius 2 is 1.78 bits per heavy atom. The number of para-hydroxylation sites is 1. The molecule has 27 heavy (non-hydrogen) atoms. The zero-order valence-corrected chi connectivity index (χ0v) is 16.6. The highest BCUT2D eigenvalue weighted by atomic mass is 32.1. The second-order valence-corrected chi connectivity index (χ2v) is 8.14. The number of hydrogen-bond acceptors (Lipinski definition) is 2. The predicted molar refractivity (Wildman–Crippen MR) is 113 cm³/mol. The van der Waals surface area contributed by atoms with E-state index in [9.17, 15) is 4.79 Å². The molecular formula is C23H24N2OS. The lowest BCUT2D eigenvalue weighted by molar-refractivity contribution is 0.195. The number of carbonyl (C=O) groups excluding carboxylic acids is 1. The molecule has 1 N–H and O–H groups in total. The van der Waals surface area contributed by atoms with Crippen molar-refractivity contribution < 1.29 is 4.79 Å². The number of amides is 2. The molecule has 0 radical (unpaired) electrons. The van der Waals surface area contributed by atoms with Gasteiger partial charge in [0.2, 0.25) is 0 Å². The number of rotatable bonds is 3. The molecule has 0 saturated heterocycles. The molecule has 4 rings (SSSR count). The van der Waals surface area contributed by atoms with Crippen LogP contribution in [-0.2, 0) is 12.8 Å². The largest absolute Gasteiger partial charge is 0.322 e. The summed E-state index contributed by atoms with van der Waals surface area (Å²) in [5.41, 5.74) is 4.93. The lowest BCUT2D eigenvalue weighted by Gasteiger charge is -2.36. The lowest BCUT2D eigenvalue weighted by Crippen LogP contribution is -2.42. The van der Waals surface area contributed by atoms with Crippen LogP contribution in [-0.4, -0.2) is 17.5 Å². The minimum Gasteiger partial charge on any atom is -0.312 e. The second-order valence-electron chi connectivity index (χ2n) is 6.89. The zero-order chi connectivity index (χ0) is 18.8. The minimum atomic E-state index is -0.0372. The van der Waals surface area contributed by atoms with Crippen molar-refractivity contribution in [2.75, 3.05) is 11.9 Å². The summed E-state index contributed by atoms with van der Waals surface area (Å²) in [6.45, 7) is 5.16. The van der Waals surface area contributed by atoms with Gasteiger partial charge in [0.15, 0.2) is 0 Å². The average molecular weight is 377 g/mol. The maximum absolute atomic E-state index is 13.1. The molecular weight excluding hydrogens is 352 g/mol. The quantitative estimate of drug-likeness (QED) is 0.616. The van der Waals surface area contributed by atoms with Gasteiger partial charge in [-0.3, -0.25) is 0 Å². The minimum absolute atomic E-state index is 0.0253. The molecule has 3 aromatic rings. The van der Waals surface area contributed by atoms with Gasteiger partial charge in [0.1, 0.15) is 0 Å². The molecule has 0 aliphatic carbocycles. The molecule has 0 spiro atoms. The summed E-state index contributed by atoms with van der Waals surface area (Å²) in [6, 6.07) is 20.0.